The number of pyridine rings is 1. The second-order valence-corrected chi connectivity index (χ2v) is 5.70. The lowest BCUT2D eigenvalue weighted by Crippen LogP contribution is -2.25. The number of aryl methyl sites for hydroxylation is 2. The van der Waals surface area contributed by atoms with Gasteiger partial charge in [0.05, 0.1) is 0 Å². The Kier molecular flexibility index (Phi) is 4.76. The van der Waals surface area contributed by atoms with E-state index in [9.17, 15) is 0 Å². The molecule has 0 radical (unpaired) electrons. The Balaban J connectivity index is 2.20. The van der Waals surface area contributed by atoms with Gasteiger partial charge in [-0.15, -0.1) is 0 Å². The molecule has 2 heteroatoms. The molecule has 1 unspecified atom stereocenters. The highest BCUT2D eigenvalue weighted by atomic mass is 14.9. The van der Waals surface area contributed by atoms with Gasteiger partial charge in [-0.1, -0.05) is 25.7 Å². The quantitative estimate of drug-likeness (QED) is 0.817. The summed E-state index contributed by atoms with van der Waals surface area (Å²) < 4.78 is 0. The van der Waals surface area contributed by atoms with Gasteiger partial charge in [-0.05, 0) is 57.4 Å². The molecule has 1 aliphatic rings. The van der Waals surface area contributed by atoms with Gasteiger partial charge in [0, 0.05) is 17.4 Å². The van der Waals surface area contributed by atoms with Crippen LogP contribution < -0.4 is 5.32 Å². The van der Waals surface area contributed by atoms with E-state index in [1.807, 2.05) is 0 Å². The molecule has 1 N–H and O–H groups in total. The SMILES string of the molecule is CNC(c1cc(C)nc(C)c1)C1CCCCCC1. The van der Waals surface area contributed by atoms with Crippen LogP contribution in [0.1, 0.15) is 61.5 Å². The highest BCUT2D eigenvalue weighted by molar-refractivity contribution is 5.24. The fourth-order valence-electron chi connectivity index (χ4n) is 3.37. The number of nitrogens with zero attached hydrogens (tertiary/aromatic N) is 1. The van der Waals surface area contributed by atoms with Crippen LogP contribution in [-0.4, -0.2) is 12.0 Å². The maximum absolute atomic E-state index is 4.49. The van der Waals surface area contributed by atoms with Crippen LogP contribution in [0, 0.1) is 19.8 Å². The summed E-state index contributed by atoms with van der Waals surface area (Å²) in [5.74, 6) is 0.790. The summed E-state index contributed by atoms with van der Waals surface area (Å²) in [4.78, 5) is 4.49. The Labute approximate surface area is 111 Å². The van der Waals surface area contributed by atoms with Crippen molar-refractivity contribution in [1.82, 2.24) is 10.3 Å². The van der Waals surface area contributed by atoms with Crippen molar-refractivity contribution in [1.29, 1.82) is 0 Å². The van der Waals surface area contributed by atoms with Crippen molar-refractivity contribution in [3.8, 4) is 0 Å². The van der Waals surface area contributed by atoms with Crippen molar-refractivity contribution in [3.63, 3.8) is 0 Å². The molecule has 1 aromatic rings. The molecule has 0 bridgehead atoms. The smallest absolute Gasteiger partial charge is 0.0379 e. The van der Waals surface area contributed by atoms with Gasteiger partial charge in [-0.3, -0.25) is 4.98 Å². The van der Waals surface area contributed by atoms with E-state index in [4.69, 9.17) is 0 Å². The first-order valence-electron chi connectivity index (χ1n) is 7.33. The van der Waals surface area contributed by atoms with Crippen LogP contribution in [0.3, 0.4) is 0 Å². The molecule has 1 aromatic heterocycles. The van der Waals surface area contributed by atoms with Crippen LogP contribution in [0.25, 0.3) is 0 Å². The zero-order valence-corrected chi connectivity index (χ0v) is 12.0. The average Bonchev–Trinajstić information content (AvgIpc) is 2.58. The van der Waals surface area contributed by atoms with Crippen molar-refractivity contribution in [2.24, 2.45) is 5.92 Å². The minimum absolute atomic E-state index is 0.503. The fourth-order valence-corrected chi connectivity index (χ4v) is 3.37. The van der Waals surface area contributed by atoms with Gasteiger partial charge in [0.25, 0.3) is 0 Å². The lowest BCUT2D eigenvalue weighted by Gasteiger charge is -2.26. The van der Waals surface area contributed by atoms with Crippen molar-refractivity contribution >= 4 is 0 Å². The topological polar surface area (TPSA) is 24.9 Å². The largest absolute Gasteiger partial charge is 0.313 e. The molecule has 1 saturated carbocycles. The summed E-state index contributed by atoms with van der Waals surface area (Å²) in [6.45, 7) is 4.19. The molecule has 0 spiro atoms. The number of nitrogens with one attached hydrogen (secondary N) is 1. The Hall–Kier alpha value is -0.890. The Morgan fingerprint density at radius 3 is 2.11 bits per heavy atom. The van der Waals surface area contributed by atoms with Crippen molar-refractivity contribution in [2.45, 2.75) is 58.4 Å². The highest BCUT2D eigenvalue weighted by Gasteiger charge is 2.23. The lowest BCUT2D eigenvalue weighted by molar-refractivity contribution is 0.341. The molecular formula is C16H26N2. The third-order valence-corrected chi connectivity index (χ3v) is 4.15. The van der Waals surface area contributed by atoms with Crippen LogP contribution in [0.2, 0.25) is 0 Å². The van der Waals surface area contributed by atoms with E-state index < -0.39 is 0 Å². The van der Waals surface area contributed by atoms with Gasteiger partial charge >= 0.3 is 0 Å². The molecule has 100 valence electrons. The van der Waals surface area contributed by atoms with E-state index in [0.717, 1.165) is 17.3 Å². The molecule has 0 aromatic carbocycles. The minimum Gasteiger partial charge on any atom is -0.313 e. The predicted molar refractivity (Wildman–Crippen MR) is 76.7 cm³/mol. The van der Waals surface area contributed by atoms with Crippen LogP contribution in [0.15, 0.2) is 12.1 Å². The first-order valence-corrected chi connectivity index (χ1v) is 7.33. The summed E-state index contributed by atoms with van der Waals surface area (Å²) >= 11 is 0. The monoisotopic (exact) mass is 246 g/mol. The molecule has 2 rings (SSSR count). The summed E-state index contributed by atoms with van der Waals surface area (Å²) in [7, 11) is 2.10. The Bertz CT molecular complexity index is 358. The maximum atomic E-state index is 4.49. The van der Waals surface area contributed by atoms with E-state index in [2.05, 4.69) is 43.3 Å². The van der Waals surface area contributed by atoms with Gasteiger partial charge < -0.3 is 5.32 Å². The zero-order valence-electron chi connectivity index (χ0n) is 12.0. The van der Waals surface area contributed by atoms with E-state index in [1.54, 1.807) is 0 Å². The van der Waals surface area contributed by atoms with E-state index in [0.29, 0.717) is 6.04 Å². The summed E-state index contributed by atoms with van der Waals surface area (Å²) in [6, 6.07) is 5.00. The van der Waals surface area contributed by atoms with Gasteiger partial charge in [0.2, 0.25) is 0 Å². The number of hydrogen-bond acceptors (Lipinski definition) is 2. The first-order chi connectivity index (χ1) is 8.70. The van der Waals surface area contributed by atoms with Gasteiger partial charge in [-0.25, -0.2) is 0 Å². The molecule has 1 heterocycles. The lowest BCUT2D eigenvalue weighted by atomic mass is 9.87. The van der Waals surface area contributed by atoms with Crippen LogP contribution in [0.4, 0.5) is 0 Å². The van der Waals surface area contributed by atoms with Crippen LogP contribution in [0.5, 0.6) is 0 Å². The van der Waals surface area contributed by atoms with E-state index >= 15 is 0 Å². The third kappa shape index (κ3) is 3.32. The first kappa shape index (κ1) is 13.5. The van der Waals surface area contributed by atoms with Crippen molar-refractivity contribution < 1.29 is 0 Å². The van der Waals surface area contributed by atoms with Crippen molar-refractivity contribution in [3.05, 3.63) is 29.1 Å². The number of rotatable bonds is 3. The van der Waals surface area contributed by atoms with Gasteiger partial charge in [-0.2, -0.15) is 0 Å². The minimum atomic E-state index is 0.503. The van der Waals surface area contributed by atoms with Crippen LogP contribution in [-0.2, 0) is 0 Å². The Morgan fingerprint density at radius 2 is 1.61 bits per heavy atom. The van der Waals surface area contributed by atoms with E-state index in [-0.39, 0.29) is 0 Å². The molecular weight excluding hydrogens is 220 g/mol. The third-order valence-electron chi connectivity index (χ3n) is 4.15. The van der Waals surface area contributed by atoms with Crippen molar-refractivity contribution in [2.75, 3.05) is 7.05 Å². The molecule has 0 saturated heterocycles. The second kappa shape index (κ2) is 6.33. The molecule has 0 amide bonds. The molecule has 2 nitrogen and oxygen atoms in total. The Morgan fingerprint density at radius 1 is 1.06 bits per heavy atom. The highest BCUT2D eigenvalue weighted by Crippen LogP contribution is 2.33. The normalized spacial score (nSPS) is 19.5. The fraction of sp³-hybridized carbons (Fsp3) is 0.688. The van der Waals surface area contributed by atoms with Gasteiger partial charge in [0.1, 0.15) is 0 Å². The molecule has 1 atom stereocenters. The number of hydrogen-bond donors (Lipinski definition) is 1. The number of aromatic nitrogens is 1. The molecule has 18 heavy (non-hydrogen) atoms. The van der Waals surface area contributed by atoms with Gasteiger partial charge in [0.15, 0.2) is 0 Å². The maximum Gasteiger partial charge on any atom is 0.0379 e. The zero-order chi connectivity index (χ0) is 13.0. The average molecular weight is 246 g/mol. The molecule has 1 aliphatic carbocycles. The summed E-state index contributed by atoms with van der Waals surface area (Å²) in [5, 5.41) is 3.54. The standard InChI is InChI=1S/C16H26N2/c1-12-10-15(11-13(2)18-12)16(17-3)14-8-6-4-5-7-9-14/h10-11,14,16-17H,4-9H2,1-3H3. The second-order valence-electron chi connectivity index (χ2n) is 5.70. The van der Waals surface area contributed by atoms with E-state index in [1.165, 1.54) is 44.1 Å². The summed E-state index contributed by atoms with van der Waals surface area (Å²) in [5.41, 5.74) is 3.70. The van der Waals surface area contributed by atoms with Crippen LogP contribution >= 0.6 is 0 Å². The molecule has 1 fully saturated rings. The predicted octanol–water partition coefficient (Wildman–Crippen LogP) is 3.93. The molecule has 0 aliphatic heterocycles. The summed E-state index contributed by atoms with van der Waals surface area (Å²) in [6.07, 6.45) is 8.36.